The van der Waals surface area contributed by atoms with E-state index >= 15 is 0 Å². The lowest BCUT2D eigenvalue weighted by atomic mass is 10.1. The Hall–Kier alpha value is -3.88. The van der Waals surface area contributed by atoms with E-state index in [2.05, 4.69) is 10.6 Å². The highest BCUT2D eigenvalue weighted by Crippen LogP contribution is 2.24. The van der Waals surface area contributed by atoms with Crippen LogP contribution < -0.4 is 20.3 Å². The molecular formula is C22H23N3O6. The van der Waals surface area contributed by atoms with Crippen molar-refractivity contribution >= 4 is 29.5 Å². The number of carbonyl (C=O) groups excluding carboxylic acids is 4. The molecule has 1 aliphatic heterocycles. The van der Waals surface area contributed by atoms with Crippen LogP contribution >= 0.6 is 0 Å². The highest BCUT2D eigenvalue weighted by molar-refractivity contribution is 5.97. The monoisotopic (exact) mass is 425 g/mol. The molecule has 2 aromatic rings. The maximum atomic E-state index is 12.4. The molecule has 31 heavy (non-hydrogen) atoms. The molecule has 9 nitrogen and oxygen atoms in total. The zero-order valence-electron chi connectivity index (χ0n) is 17.0. The maximum absolute atomic E-state index is 12.4. The normalized spacial score (nSPS) is 14.0. The number of benzene rings is 2. The van der Waals surface area contributed by atoms with Crippen LogP contribution in [0.15, 0.2) is 54.6 Å². The van der Waals surface area contributed by atoms with E-state index in [0.29, 0.717) is 24.3 Å². The van der Waals surface area contributed by atoms with Crippen LogP contribution in [0.5, 0.6) is 5.75 Å². The van der Waals surface area contributed by atoms with Gasteiger partial charge in [0.05, 0.1) is 0 Å². The average molecular weight is 425 g/mol. The zero-order valence-corrected chi connectivity index (χ0v) is 17.0. The van der Waals surface area contributed by atoms with Crippen LogP contribution in [-0.2, 0) is 19.1 Å². The van der Waals surface area contributed by atoms with Gasteiger partial charge in [-0.2, -0.15) is 0 Å². The van der Waals surface area contributed by atoms with Gasteiger partial charge in [0.1, 0.15) is 5.75 Å². The average Bonchev–Trinajstić information content (AvgIpc) is 3.22. The van der Waals surface area contributed by atoms with E-state index in [1.807, 2.05) is 0 Å². The van der Waals surface area contributed by atoms with Crippen LogP contribution in [0.3, 0.4) is 0 Å². The van der Waals surface area contributed by atoms with Gasteiger partial charge in [-0.05, 0) is 30.7 Å². The van der Waals surface area contributed by atoms with Crippen LogP contribution in [0.2, 0.25) is 0 Å². The van der Waals surface area contributed by atoms with Gasteiger partial charge in [0.2, 0.25) is 12.0 Å². The number of carbonyl (C=O) groups is 4. The standard InChI is InChI=1S/C22H23N3O6/c1-23-22(29)24-21(28)20(15-6-3-2-4-7-15)31-19(27)14-30-17-11-9-16(10-12-17)25-13-5-8-18(25)26/h2-4,6-7,9-12,20H,5,8,13-14H2,1H3,(H2,23,24,28,29). The predicted octanol–water partition coefficient (Wildman–Crippen LogP) is 1.93. The Labute approximate surface area is 179 Å². The first kappa shape index (κ1) is 21.8. The number of hydrogen-bond donors (Lipinski definition) is 2. The highest BCUT2D eigenvalue weighted by Gasteiger charge is 2.26. The number of esters is 1. The molecule has 4 amide bonds. The summed E-state index contributed by atoms with van der Waals surface area (Å²) in [5.74, 6) is -1.06. The van der Waals surface area contributed by atoms with Gasteiger partial charge in [0.25, 0.3) is 5.91 Å². The number of nitrogens with one attached hydrogen (secondary N) is 2. The van der Waals surface area contributed by atoms with Crippen LogP contribution in [0, 0.1) is 0 Å². The number of anilines is 1. The molecule has 2 aromatic carbocycles. The molecule has 2 N–H and O–H groups in total. The Bertz CT molecular complexity index is 945. The molecule has 9 heteroatoms. The van der Waals surface area contributed by atoms with Gasteiger partial charge in [-0.3, -0.25) is 14.9 Å². The molecule has 1 aliphatic rings. The van der Waals surface area contributed by atoms with Crippen molar-refractivity contribution in [2.24, 2.45) is 0 Å². The van der Waals surface area contributed by atoms with E-state index in [-0.39, 0.29) is 5.91 Å². The third-order valence-corrected chi connectivity index (χ3v) is 4.63. The van der Waals surface area contributed by atoms with Crippen molar-refractivity contribution in [1.82, 2.24) is 10.6 Å². The quantitative estimate of drug-likeness (QED) is 0.656. The van der Waals surface area contributed by atoms with Crippen molar-refractivity contribution in [2.45, 2.75) is 18.9 Å². The third kappa shape index (κ3) is 5.81. The van der Waals surface area contributed by atoms with Crippen molar-refractivity contribution in [3.05, 3.63) is 60.2 Å². The van der Waals surface area contributed by atoms with Gasteiger partial charge in [-0.15, -0.1) is 0 Å². The third-order valence-electron chi connectivity index (χ3n) is 4.63. The number of amides is 4. The lowest BCUT2D eigenvalue weighted by Crippen LogP contribution is -2.41. The molecule has 0 aromatic heterocycles. The molecule has 0 bridgehead atoms. The fourth-order valence-corrected chi connectivity index (χ4v) is 3.09. The van der Waals surface area contributed by atoms with Crippen molar-refractivity contribution in [3.8, 4) is 5.75 Å². The second-order valence-electron chi connectivity index (χ2n) is 6.78. The molecule has 3 rings (SSSR count). The predicted molar refractivity (Wildman–Crippen MR) is 111 cm³/mol. The smallest absolute Gasteiger partial charge is 0.345 e. The van der Waals surface area contributed by atoms with Gasteiger partial charge in [-0.1, -0.05) is 30.3 Å². The minimum Gasteiger partial charge on any atom is -0.482 e. The van der Waals surface area contributed by atoms with E-state index < -0.39 is 30.6 Å². The Morgan fingerprint density at radius 1 is 1.06 bits per heavy atom. The molecule has 1 unspecified atom stereocenters. The van der Waals surface area contributed by atoms with E-state index in [1.54, 1.807) is 59.5 Å². The molecule has 0 spiro atoms. The maximum Gasteiger partial charge on any atom is 0.345 e. The Morgan fingerprint density at radius 2 is 1.77 bits per heavy atom. The molecule has 0 aliphatic carbocycles. The summed E-state index contributed by atoms with van der Waals surface area (Å²) in [6.07, 6.45) is 0.0669. The second kappa shape index (κ2) is 10.2. The fourth-order valence-electron chi connectivity index (χ4n) is 3.09. The summed E-state index contributed by atoms with van der Waals surface area (Å²) in [6.45, 7) is 0.253. The van der Waals surface area contributed by atoms with Gasteiger partial charge in [0, 0.05) is 31.3 Å². The van der Waals surface area contributed by atoms with E-state index in [0.717, 1.165) is 12.1 Å². The van der Waals surface area contributed by atoms with Gasteiger partial charge in [0.15, 0.2) is 6.61 Å². The Kier molecular flexibility index (Phi) is 7.21. The van der Waals surface area contributed by atoms with E-state index in [1.165, 1.54) is 7.05 Å². The first-order valence-electron chi connectivity index (χ1n) is 9.78. The number of rotatable bonds is 7. The summed E-state index contributed by atoms with van der Waals surface area (Å²) < 4.78 is 10.7. The summed E-state index contributed by atoms with van der Waals surface area (Å²) in [6, 6.07) is 14.4. The molecule has 0 saturated carbocycles. The lowest BCUT2D eigenvalue weighted by molar-refractivity contribution is -0.158. The number of nitrogens with zero attached hydrogens (tertiary/aromatic N) is 1. The topological polar surface area (TPSA) is 114 Å². The highest BCUT2D eigenvalue weighted by atomic mass is 16.6. The van der Waals surface area contributed by atoms with Crippen molar-refractivity contribution in [1.29, 1.82) is 0 Å². The Morgan fingerprint density at radius 3 is 2.39 bits per heavy atom. The molecule has 1 saturated heterocycles. The molecule has 0 radical (unpaired) electrons. The number of ether oxygens (including phenoxy) is 2. The number of urea groups is 1. The minimum absolute atomic E-state index is 0.0826. The second-order valence-corrected chi connectivity index (χ2v) is 6.78. The summed E-state index contributed by atoms with van der Waals surface area (Å²) in [5.41, 5.74) is 1.18. The van der Waals surface area contributed by atoms with E-state index in [4.69, 9.17) is 9.47 Å². The van der Waals surface area contributed by atoms with Gasteiger partial charge >= 0.3 is 12.0 Å². The largest absolute Gasteiger partial charge is 0.482 e. The van der Waals surface area contributed by atoms with Crippen molar-refractivity contribution < 1.29 is 28.7 Å². The van der Waals surface area contributed by atoms with Gasteiger partial charge < -0.3 is 19.7 Å². The SMILES string of the molecule is CNC(=O)NC(=O)C(OC(=O)COc1ccc(N2CCCC2=O)cc1)c1ccccc1. The summed E-state index contributed by atoms with van der Waals surface area (Å²) in [4.78, 5) is 49.7. The zero-order chi connectivity index (χ0) is 22.2. The Balaban J connectivity index is 1.59. The molecule has 1 atom stereocenters. The van der Waals surface area contributed by atoms with Crippen molar-refractivity contribution in [3.63, 3.8) is 0 Å². The van der Waals surface area contributed by atoms with Crippen LogP contribution in [0.25, 0.3) is 0 Å². The molecular weight excluding hydrogens is 402 g/mol. The summed E-state index contributed by atoms with van der Waals surface area (Å²) in [5, 5.41) is 4.37. The first-order chi connectivity index (χ1) is 15.0. The summed E-state index contributed by atoms with van der Waals surface area (Å²) >= 11 is 0. The van der Waals surface area contributed by atoms with Crippen LogP contribution in [0.1, 0.15) is 24.5 Å². The van der Waals surface area contributed by atoms with E-state index in [9.17, 15) is 19.2 Å². The first-order valence-corrected chi connectivity index (χ1v) is 9.78. The van der Waals surface area contributed by atoms with Crippen LogP contribution in [-0.4, -0.2) is 44.0 Å². The number of imide groups is 1. The van der Waals surface area contributed by atoms with Gasteiger partial charge in [-0.25, -0.2) is 9.59 Å². The fraction of sp³-hybridized carbons (Fsp3) is 0.273. The minimum atomic E-state index is -1.31. The lowest BCUT2D eigenvalue weighted by Gasteiger charge is -2.18. The number of hydrogen-bond acceptors (Lipinski definition) is 6. The molecule has 1 heterocycles. The van der Waals surface area contributed by atoms with Crippen molar-refractivity contribution in [2.75, 3.05) is 25.1 Å². The molecule has 1 fully saturated rings. The summed E-state index contributed by atoms with van der Waals surface area (Å²) in [7, 11) is 1.37. The molecule has 162 valence electrons. The van der Waals surface area contributed by atoms with Crippen LogP contribution in [0.4, 0.5) is 10.5 Å².